The van der Waals surface area contributed by atoms with Crippen molar-refractivity contribution in [3.05, 3.63) is 83.4 Å². The van der Waals surface area contributed by atoms with Crippen LogP contribution in [0.5, 0.6) is 11.5 Å². The van der Waals surface area contributed by atoms with Gasteiger partial charge in [0.05, 0.1) is 4.90 Å². The van der Waals surface area contributed by atoms with Crippen molar-refractivity contribution in [3.63, 3.8) is 0 Å². The van der Waals surface area contributed by atoms with Crippen LogP contribution in [0.1, 0.15) is 23.1 Å². The van der Waals surface area contributed by atoms with E-state index >= 15 is 0 Å². The van der Waals surface area contributed by atoms with Crippen LogP contribution >= 0.6 is 0 Å². The number of nitrogens with zero attached hydrogens (tertiary/aromatic N) is 1. The maximum absolute atomic E-state index is 13.4. The van der Waals surface area contributed by atoms with Gasteiger partial charge in [-0.3, -0.25) is 10.0 Å². The van der Waals surface area contributed by atoms with Crippen molar-refractivity contribution < 1.29 is 32.7 Å². The third kappa shape index (κ3) is 7.47. The summed E-state index contributed by atoms with van der Waals surface area (Å²) in [6, 6.07) is 18.5. The second-order valence-electron chi connectivity index (χ2n) is 8.94. The first-order valence-electron chi connectivity index (χ1n) is 12.3. The Morgan fingerprint density at radius 2 is 1.62 bits per heavy atom. The molecule has 0 unspecified atom stereocenters. The van der Waals surface area contributed by atoms with Crippen molar-refractivity contribution in [2.75, 3.05) is 25.2 Å². The molecule has 3 amide bonds. The Morgan fingerprint density at radius 1 is 0.923 bits per heavy atom. The Balaban J connectivity index is 1.37. The van der Waals surface area contributed by atoms with Gasteiger partial charge in [-0.15, -0.1) is 0 Å². The molecule has 0 fully saturated rings. The van der Waals surface area contributed by atoms with E-state index in [0.717, 1.165) is 16.7 Å². The molecule has 0 atom stereocenters. The first-order valence-corrected chi connectivity index (χ1v) is 13.7. The minimum Gasteiger partial charge on any atom is -0.454 e. The van der Waals surface area contributed by atoms with E-state index in [9.17, 15) is 18.0 Å². The zero-order valence-corrected chi connectivity index (χ0v) is 22.2. The molecular formula is C27H30N4O7S. The second-order valence-corrected chi connectivity index (χ2v) is 10.9. The Labute approximate surface area is 226 Å². The van der Waals surface area contributed by atoms with E-state index < -0.39 is 22.0 Å². The highest BCUT2D eigenvalue weighted by atomic mass is 32.2. The van der Waals surface area contributed by atoms with Gasteiger partial charge in [-0.05, 0) is 60.9 Å². The zero-order chi connectivity index (χ0) is 27.8. The van der Waals surface area contributed by atoms with Crippen molar-refractivity contribution >= 4 is 27.6 Å². The number of amides is 3. The summed E-state index contributed by atoms with van der Waals surface area (Å²) in [6.07, 6.45) is 0.246. The largest absolute Gasteiger partial charge is 0.454 e. The molecule has 0 aliphatic carbocycles. The number of fused-ring (bicyclic) bond motifs is 1. The van der Waals surface area contributed by atoms with E-state index in [4.69, 9.17) is 14.7 Å². The number of benzene rings is 3. The molecule has 1 heterocycles. The van der Waals surface area contributed by atoms with Crippen molar-refractivity contribution in [3.8, 4) is 11.5 Å². The molecule has 12 heteroatoms. The molecule has 39 heavy (non-hydrogen) atoms. The molecular weight excluding hydrogens is 524 g/mol. The van der Waals surface area contributed by atoms with Crippen LogP contribution in [-0.2, 0) is 27.8 Å². The van der Waals surface area contributed by atoms with Gasteiger partial charge in [0, 0.05) is 31.7 Å². The Kier molecular flexibility index (Phi) is 9.02. The molecule has 0 aromatic heterocycles. The van der Waals surface area contributed by atoms with Crippen molar-refractivity contribution in [2.45, 2.75) is 31.2 Å². The number of nitrogens with one attached hydrogen (secondary N) is 3. The maximum Gasteiger partial charge on any atom is 0.319 e. The molecule has 0 saturated heterocycles. The molecule has 1 aliphatic heterocycles. The van der Waals surface area contributed by atoms with Gasteiger partial charge in [0.15, 0.2) is 11.5 Å². The summed E-state index contributed by atoms with van der Waals surface area (Å²) in [5.41, 5.74) is 4.82. The second kappa shape index (κ2) is 12.6. The highest BCUT2D eigenvalue weighted by molar-refractivity contribution is 7.89. The number of rotatable bonds is 11. The van der Waals surface area contributed by atoms with E-state index in [1.165, 1.54) is 34.1 Å². The van der Waals surface area contributed by atoms with Gasteiger partial charge < -0.3 is 20.1 Å². The van der Waals surface area contributed by atoms with Gasteiger partial charge in [-0.25, -0.2) is 18.7 Å². The smallest absolute Gasteiger partial charge is 0.319 e. The molecule has 3 aromatic rings. The van der Waals surface area contributed by atoms with Crippen LogP contribution in [0.2, 0.25) is 0 Å². The molecule has 4 rings (SSSR count). The third-order valence-electron chi connectivity index (χ3n) is 6.12. The number of urea groups is 1. The maximum atomic E-state index is 13.4. The molecule has 0 saturated carbocycles. The van der Waals surface area contributed by atoms with Crippen LogP contribution in [0.3, 0.4) is 0 Å². The van der Waals surface area contributed by atoms with Crippen LogP contribution in [0.4, 0.5) is 10.5 Å². The van der Waals surface area contributed by atoms with Gasteiger partial charge >= 0.3 is 6.03 Å². The highest BCUT2D eigenvalue weighted by Gasteiger charge is 2.25. The van der Waals surface area contributed by atoms with E-state index in [-0.39, 0.29) is 37.7 Å². The Bertz CT molecular complexity index is 1410. The van der Waals surface area contributed by atoms with Crippen LogP contribution in [0, 0.1) is 6.92 Å². The van der Waals surface area contributed by atoms with E-state index in [0.29, 0.717) is 23.6 Å². The van der Waals surface area contributed by atoms with Crippen LogP contribution in [0.15, 0.2) is 71.6 Å². The molecule has 1 aliphatic rings. The lowest BCUT2D eigenvalue weighted by Gasteiger charge is -2.22. The fourth-order valence-electron chi connectivity index (χ4n) is 3.91. The predicted molar refractivity (Wildman–Crippen MR) is 143 cm³/mol. The number of anilines is 1. The van der Waals surface area contributed by atoms with E-state index in [2.05, 4.69) is 10.6 Å². The fraction of sp³-hybridized carbons (Fsp3) is 0.259. The molecule has 0 radical (unpaired) electrons. The molecule has 3 aromatic carbocycles. The zero-order valence-electron chi connectivity index (χ0n) is 21.3. The van der Waals surface area contributed by atoms with Crippen LogP contribution < -0.4 is 25.6 Å². The van der Waals surface area contributed by atoms with Crippen molar-refractivity contribution in [2.24, 2.45) is 0 Å². The number of hydrogen-bond donors (Lipinski definition) is 4. The van der Waals surface area contributed by atoms with Crippen LogP contribution in [0.25, 0.3) is 0 Å². The molecule has 0 bridgehead atoms. The van der Waals surface area contributed by atoms with Crippen molar-refractivity contribution in [1.82, 2.24) is 15.1 Å². The minimum absolute atomic E-state index is 0.0159. The number of ether oxygens (including phenoxy) is 2. The predicted octanol–water partition coefficient (Wildman–Crippen LogP) is 3.17. The summed E-state index contributed by atoms with van der Waals surface area (Å²) in [5, 5.41) is 14.2. The first kappa shape index (κ1) is 27.9. The number of carbonyl (C=O) groups is 2. The number of aryl methyl sites for hydroxylation is 1. The Hall–Kier alpha value is -4.13. The lowest BCUT2D eigenvalue weighted by Crippen LogP contribution is -2.36. The molecule has 11 nitrogen and oxygen atoms in total. The Morgan fingerprint density at radius 3 is 2.33 bits per heavy atom. The van der Waals surface area contributed by atoms with E-state index in [1.54, 1.807) is 12.1 Å². The van der Waals surface area contributed by atoms with Gasteiger partial charge in [0.25, 0.3) is 0 Å². The lowest BCUT2D eigenvalue weighted by atomic mass is 10.1. The SMILES string of the molecule is Cc1ccc(CCN(CCC(=O)NO)S(=O)(=O)c2ccc(NC(=O)NCc3ccc4c(c3)OCO4)cc2)cc1. The van der Waals surface area contributed by atoms with Gasteiger partial charge in [-0.1, -0.05) is 35.9 Å². The summed E-state index contributed by atoms with van der Waals surface area (Å²) in [6.45, 7) is 2.43. The van der Waals surface area contributed by atoms with Gasteiger partial charge in [-0.2, -0.15) is 4.31 Å². The number of carbonyl (C=O) groups excluding carboxylic acids is 2. The summed E-state index contributed by atoms with van der Waals surface area (Å²) in [7, 11) is -3.96. The first-order chi connectivity index (χ1) is 18.7. The molecule has 0 spiro atoms. The van der Waals surface area contributed by atoms with E-state index in [1.807, 2.05) is 37.3 Å². The average molecular weight is 555 g/mol. The van der Waals surface area contributed by atoms with Crippen LogP contribution in [-0.4, -0.2) is 49.8 Å². The summed E-state index contributed by atoms with van der Waals surface area (Å²) >= 11 is 0. The number of hydroxylamine groups is 1. The van der Waals surface area contributed by atoms with Gasteiger partial charge in [0.2, 0.25) is 22.7 Å². The highest BCUT2D eigenvalue weighted by Crippen LogP contribution is 2.32. The average Bonchev–Trinajstić information content (AvgIpc) is 3.41. The fourth-order valence-corrected chi connectivity index (χ4v) is 5.35. The number of sulfonamides is 1. The summed E-state index contributed by atoms with van der Waals surface area (Å²) in [4.78, 5) is 24.0. The molecule has 4 N–H and O–H groups in total. The standard InChI is InChI=1S/C27H30N4O7S/c1-19-2-4-20(5-3-19)12-14-31(15-13-26(32)30-34)39(35,36)23-9-7-22(8-10-23)29-27(33)28-17-21-6-11-24-25(16-21)38-18-37-24/h2-11,16,34H,12-15,17-18H2,1H3,(H,30,32)(H2,28,29,33). The number of hydrogen-bond acceptors (Lipinski definition) is 7. The lowest BCUT2D eigenvalue weighted by molar-refractivity contribution is -0.129. The third-order valence-corrected chi connectivity index (χ3v) is 8.04. The summed E-state index contributed by atoms with van der Waals surface area (Å²) < 4.78 is 38.6. The van der Waals surface area contributed by atoms with Gasteiger partial charge in [0.1, 0.15) is 0 Å². The monoisotopic (exact) mass is 554 g/mol. The quantitative estimate of drug-likeness (QED) is 0.210. The van der Waals surface area contributed by atoms with Crippen molar-refractivity contribution in [1.29, 1.82) is 0 Å². The normalized spacial score (nSPS) is 12.3. The minimum atomic E-state index is -3.96. The summed E-state index contributed by atoms with van der Waals surface area (Å²) in [5.74, 6) is 0.594. The topological polar surface area (TPSA) is 146 Å². The molecule has 206 valence electrons.